The van der Waals surface area contributed by atoms with Crippen molar-refractivity contribution < 1.29 is 9.53 Å². The molecule has 1 aromatic rings. The fourth-order valence-electron chi connectivity index (χ4n) is 2.94. The summed E-state index contributed by atoms with van der Waals surface area (Å²) in [5.41, 5.74) is 1.83. The summed E-state index contributed by atoms with van der Waals surface area (Å²) < 4.78 is 5.44. The van der Waals surface area contributed by atoms with Crippen molar-refractivity contribution in [1.29, 1.82) is 0 Å². The van der Waals surface area contributed by atoms with Crippen LogP contribution in [-0.2, 0) is 4.74 Å². The van der Waals surface area contributed by atoms with Crippen molar-refractivity contribution in [1.82, 2.24) is 4.90 Å². The van der Waals surface area contributed by atoms with Gasteiger partial charge in [0.2, 0.25) is 0 Å². The number of esters is 1. The summed E-state index contributed by atoms with van der Waals surface area (Å²) in [6, 6.07) is 7.75. The van der Waals surface area contributed by atoms with E-state index in [1.165, 1.54) is 25.9 Å². The van der Waals surface area contributed by atoms with E-state index in [1.807, 2.05) is 24.3 Å². The van der Waals surface area contributed by atoms with Crippen molar-refractivity contribution in [2.75, 3.05) is 19.6 Å². The second-order valence-electron chi connectivity index (χ2n) is 5.17. The average molecular weight is 282 g/mol. The molecule has 2 aliphatic rings. The molecule has 1 saturated heterocycles. The molecule has 1 aromatic carbocycles. The van der Waals surface area contributed by atoms with Crippen LogP contribution in [0, 0.1) is 0 Å². The normalized spacial score (nSPS) is 21.9. The van der Waals surface area contributed by atoms with Gasteiger partial charge in [-0.2, -0.15) is 0 Å². The summed E-state index contributed by atoms with van der Waals surface area (Å²) in [4.78, 5) is 14.2. The quantitative estimate of drug-likeness (QED) is 0.794. The van der Waals surface area contributed by atoms with Crippen LogP contribution >= 0.6 is 12.4 Å². The molecule has 0 saturated carbocycles. The van der Waals surface area contributed by atoms with E-state index in [1.54, 1.807) is 0 Å². The van der Waals surface area contributed by atoms with E-state index < -0.39 is 0 Å². The summed E-state index contributed by atoms with van der Waals surface area (Å²) >= 11 is 0. The lowest BCUT2D eigenvalue weighted by atomic mass is 10.0. The number of hydrogen-bond donors (Lipinski definition) is 0. The van der Waals surface area contributed by atoms with Crippen molar-refractivity contribution in [3.63, 3.8) is 0 Å². The van der Waals surface area contributed by atoms with Gasteiger partial charge in [-0.05, 0) is 51.4 Å². The Balaban J connectivity index is 0.00000133. The number of fused-ring (bicyclic) bond motifs is 1. The number of nitrogens with zero attached hydrogens (tertiary/aromatic N) is 1. The number of cyclic esters (lactones) is 1. The van der Waals surface area contributed by atoms with E-state index >= 15 is 0 Å². The van der Waals surface area contributed by atoms with Gasteiger partial charge < -0.3 is 9.64 Å². The minimum absolute atomic E-state index is 0. The number of rotatable bonds is 4. The average Bonchev–Trinajstić information content (AvgIpc) is 3.00. The van der Waals surface area contributed by atoms with Crippen LogP contribution in [0.2, 0.25) is 0 Å². The highest BCUT2D eigenvalue weighted by molar-refractivity contribution is 5.93. The molecule has 3 nitrogen and oxygen atoms in total. The van der Waals surface area contributed by atoms with Gasteiger partial charge in [0.1, 0.15) is 6.10 Å². The minimum atomic E-state index is -0.156. The number of ether oxygens (including phenoxy) is 1. The maximum Gasteiger partial charge on any atom is 0.339 e. The van der Waals surface area contributed by atoms with Crippen LogP contribution in [0.1, 0.15) is 47.7 Å². The highest BCUT2D eigenvalue weighted by Gasteiger charge is 2.29. The van der Waals surface area contributed by atoms with Crippen molar-refractivity contribution in [2.24, 2.45) is 0 Å². The molecule has 0 radical (unpaired) electrons. The van der Waals surface area contributed by atoms with Gasteiger partial charge in [0.05, 0.1) is 5.56 Å². The molecule has 19 heavy (non-hydrogen) atoms. The van der Waals surface area contributed by atoms with Gasteiger partial charge in [-0.15, -0.1) is 12.4 Å². The predicted molar refractivity (Wildman–Crippen MR) is 76.8 cm³/mol. The molecule has 0 aromatic heterocycles. The Bertz CT molecular complexity index is 444. The molecule has 104 valence electrons. The molecule has 0 spiro atoms. The maximum absolute atomic E-state index is 11.7. The first-order valence-corrected chi connectivity index (χ1v) is 6.87. The summed E-state index contributed by atoms with van der Waals surface area (Å²) in [7, 11) is 0. The molecular weight excluding hydrogens is 262 g/mol. The monoisotopic (exact) mass is 281 g/mol. The standard InChI is InChI=1S/C15H19NO2.ClH/c17-15-13-7-2-1-6-12(13)14(18-15)8-5-11-16-9-3-4-10-16;/h1-2,6-7,14H,3-5,8-11H2;1H. The number of carbonyl (C=O) groups excluding carboxylic acids is 1. The van der Waals surface area contributed by atoms with Gasteiger partial charge >= 0.3 is 5.97 Å². The number of carbonyl (C=O) groups is 1. The molecule has 4 heteroatoms. The first-order chi connectivity index (χ1) is 8.84. The molecule has 0 amide bonds. The smallest absolute Gasteiger partial charge is 0.339 e. The largest absolute Gasteiger partial charge is 0.454 e. The van der Waals surface area contributed by atoms with Gasteiger partial charge in [0.15, 0.2) is 0 Å². The summed E-state index contributed by atoms with van der Waals surface area (Å²) in [6.45, 7) is 3.61. The lowest BCUT2D eigenvalue weighted by Crippen LogP contribution is -2.20. The molecule has 1 unspecified atom stereocenters. The number of benzene rings is 1. The van der Waals surface area contributed by atoms with E-state index in [2.05, 4.69) is 4.90 Å². The zero-order valence-electron chi connectivity index (χ0n) is 11.0. The lowest BCUT2D eigenvalue weighted by molar-refractivity contribution is 0.0360. The maximum atomic E-state index is 11.7. The number of hydrogen-bond acceptors (Lipinski definition) is 3. The van der Waals surface area contributed by atoms with Crippen LogP contribution in [0.4, 0.5) is 0 Å². The molecule has 1 atom stereocenters. The van der Waals surface area contributed by atoms with E-state index in [0.717, 1.165) is 30.5 Å². The second kappa shape index (κ2) is 6.40. The van der Waals surface area contributed by atoms with E-state index in [4.69, 9.17) is 4.74 Å². The van der Waals surface area contributed by atoms with E-state index in [0.29, 0.717) is 0 Å². The SMILES string of the molecule is Cl.O=C1OC(CCCN2CCCC2)c2ccccc21. The Morgan fingerprint density at radius 3 is 2.74 bits per heavy atom. The van der Waals surface area contributed by atoms with Crippen LogP contribution in [-0.4, -0.2) is 30.5 Å². The molecule has 0 N–H and O–H groups in total. The minimum Gasteiger partial charge on any atom is -0.454 e. The molecule has 1 fully saturated rings. The van der Waals surface area contributed by atoms with Crippen molar-refractivity contribution in [2.45, 2.75) is 31.8 Å². The van der Waals surface area contributed by atoms with Crippen molar-refractivity contribution in [3.8, 4) is 0 Å². The fraction of sp³-hybridized carbons (Fsp3) is 0.533. The summed E-state index contributed by atoms with van der Waals surface area (Å²) in [6.07, 6.45) is 4.70. The summed E-state index contributed by atoms with van der Waals surface area (Å²) in [5, 5.41) is 0. The third kappa shape index (κ3) is 3.10. The zero-order valence-corrected chi connectivity index (χ0v) is 11.8. The van der Waals surface area contributed by atoms with Crippen LogP contribution in [0.15, 0.2) is 24.3 Å². The topological polar surface area (TPSA) is 29.5 Å². The van der Waals surface area contributed by atoms with Crippen LogP contribution in [0.3, 0.4) is 0 Å². The first kappa shape index (κ1) is 14.4. The molecular formula is C15H20ClNO2. The zero-order chi connectivity index (χ0) is 12.4. The second-order valence-corrected chi connectivity index (χ2v) is 5.17. The Morgan fingerprint density at radius 2 is 1.95 bits per heavy atom. The first-order valence-electron chi connectivity index (χ1n) is 6.87. The van der Waals surface area contributed by atoms with Gasteiger partial charge in [-0.1, -0.05) is 18.2 Å². The van der Waals surface area contributed by atoms with Crippen LogP contribution < -0.4 is 0 Å². The van der Waals surface area contributed by atoms with Gasteiger partial charge in [-0.25, -0.2) is 4.79 Å². The van der Waals surface area contributed by atoms with Crippen LogP contribution in [0.25, 0.3) is 0 Å². The van der Waals surface area contributed by atoms with Crippen LogP contribution in [0.5, 0.6) is 0 Å². The highest BCUT2D eigenvalue weighted by Crippen LogP contribution is 2.33. The highest BCUT2D eigenvalue weighted by atomic mass is 35.5. The molecule has 0 aliphatic carbocycles. The summed E-state index contributed by atoms with van der Waals surface area (Å²) in [5.74, 6) is -0.156. The molecule has 3 rings (SSSR count). The number of likely N-dealkylation sites (tertiary alicyclic amines) is 1. The molecule has 2 aliphatic heterocycles. The van der Waals surface area contributed by atoms with Gasteiger partial charge in [0.25, 0.3) is 0 Å². The Morgan fingerprint density at radius 1 is 1.21 bits per heavy atom. The Labute approximate surface area is 120 Å². The molecule has 2 heterocycles. The van der Waals surface area contributed by atoms with Gasteiger partial charge in [0, 0.05) is 5.56 Å². The third-order valence-electron chi connectivity index (χ3n) is 3.92. The number of halogens is 1. The molecule has 0 bridgehead atoms. The fourth-order valence-corrected chi connectivity index (χ4v) is 2.94. The van der Waals surface area contributed by atoms with Crippen molar-refractivity contribution >= 4 is 18.4 Å². The van der Waals surface area contributed by atoms with E-state index in [9.17, 15) is 4.79 Å². The van der Waals surface area contributed by atoms with Crippen molar-refractivity contribution in [3.05, 3.63) is 35.4 Å². The third-order valence-corrected chi connectivity index (χ3v) is 3.92. The Kier molecular flexibility index (Phi) is 4.83. The predicted octanol–water partition coefficient (Wildman–Crippen LogP) is 3.20. The lowest BCUT2D eigenvalue weighted by Gasteiger charge is -2.16. The Hall–Kier alpha value is -1.06. The van der Waals surface area contributed by atoms with Gasteiger partial charge in [-0.3, -0.25) is 0 Å². The van der Waals surface area contributed by atoms with E-state index in [-0.39, 0.29) is 24.5 Å².